The summed E-state index contributed by atoms with van der Waals surface area (Å²) in [5.74, 6) is -0.845. The second kappa shape index (κ2) is 26.4. The summed E-state index contributed by atoms with van der Waals surface area (Å²) in [5, 5.41) is 0. The number of hydrogen-bond acceptors (Lipinski definition) is 14. The lowest BCUT2D eigenvalue weighted by Crippen LogP contribution is -2.50. The van der Waals surface area contributed by atoms with Crippen LogP contribution in [0.5, 0.6) is 0 Å². The lowest BCUT2D eigenvalue weighted by atomic mass is 9.49. The van der Waals surface area contributed by atoms with E-state index in [-0.39, 0.29) is 70.1 Å². The maximum atomic E-state index is 13.0. The molecule has 1 unspecified atom stereocenters. The highest BCUT2D eigenvalue weighted by Gasteiger charge is 2.64. The van der Waals surface area contributed by atoms with E-state index in [0.29, 0.717) is 25.7 Å². The molecule has 438 valence electrons. The SMILES string of the molecule is CC(C)(C)OC(=O)C[C@H](CCC(N[S@](=O)C(C)(C)C)B1OC(C)(C)C(C)(C)O1)O[Si](C)(C)C.CC(C)(C)OC(=O)C[C@H](CCC=N[S@](=O)C(C)(C)C)O[Si](C)(C)C.CC1(C)OB(B2OC(C)(C)C(C)(C)O2)OC1(C)C. The topological polar surface area (TPSA) is 185 Å². The fraction of sp³-hybridized carbons (Fsp3) is 0.942. The van der Waals surface area contributed by atoms with E-state index in [1.165, 1.54) is 0 Å². The largest absolute Gasteiger partial charge is 0.488 e. The Morgan fingerprint density at radius 2 is 0.853 bits per heavy atom. The summed E-state index contributed by atoms with van der Waals surface area (Å²) in [7, 11) is -7.74. The molecule has 23 heteroatoms. The van der Waals surface area contributed by atoms with Gasteiger partial charge in [0.2, 0.25) is 0 Å². The maximum Gasteiger partial charge on any atom is 0.488 e. The molecule has 0 aromatic carbocycles. The third kappa shape index (κ3) is 25.7. The first-order chi connectivity index (χ1) is 33.0. The molecule has 0 saturated carbocycles. The monoisotopic (exact) mass is 1140 g/mol. The zero-order chi connectivity index (χ0) is 59.2. The summed E-state index contributed by atoms with van der Waals surface area (Å²) >= 11 is 0. The zero-order valence-electron chi connectivity index (χ0n) is 52.8. The first-order valence-corrected chi connectivity index (χ1v) is 36.1. The molecule has 3 aliphatic rings. The van der Waals surface area contributed by atoms with Crippen LogP contribution in [0.1, 0.15) is 205 Å². The van der Waals surface area contributed by atoms with Crippen molar-refractivity contribution in [2.45, 2.75) is 316 Å². The van der Waals surface area contributed by atoms with Crippen LogP contribution in [0.25, 0.3) is 0 Å². The first kappa shape index (κ1) is 72.2. The Kier molecular flexibility index (Phi) is 25.4. The molecule has 0 radical (unpaired) electrons. The van der Waals surface area contributed by atoms with E-state index in [0.717, 1.165) is 0 Å². The molecule has 0 amide bonds. The van der Waals surface area contributed by atoms with E-state index in [9.17, 15) is 18.0 Å². The third-order valence-electron chi connectivity index (χ3n) is 13.0. The molecular formula is C52H107B3N2O14S2Si2. The van der Waals surface area contributed by atoms with Crippen molar-refractivity contribution in [3.8, 4) is 0 Å². The summed E-state index contributed by atoms with van der Waals surface area (Å²) in [6.45, 7) is 59.4. The Morgan fingerprint density at radius 3 is 1.15 bits per heavy atom. The van der Waals surface area contributed by atoms with Gasteiger partial charge in [0.05, 0.1) is 85.1 Å². The fourth-order valence-corrected chi connectivity index (χ4v) is 10.9. The standard InChI is InChI=1S/C23H48BNO6SSi.C17H35NO4SSi.C12H24B2O4/c1-20(2,3)28-19(26)16-17(29-33(11,12)13)14-15-18(25-32(27)21(4,5)6)24-30-22(7,8)23(9,10)31-24;1-16(2,3)21-15(19)13-14(22-24(7,8)9)11-10-12-18-23(20)17(4,5)6;1-9(2)10(3,4)16-13(15-9)14-17-11(5,6)12(7,8)18-14/h17-18,25H,14-16H2,1-13H3;12,14H,10-11,13H2,1-9H3;1-8H3/t17-,18?,32+;14-,23+;/m00./s1. The highest BCUT2D eigenvalue weighted by atomic mass is 32.2. The van der Waals surface area contributed by atoms with Crippen LogP contribution in [0.3, 0.4) is 0 Å². The van der Waals surface area contributed by atoms with Crippen molar-refractivity contribution < 1.29 is 64.3 Å². The minimum atomic E-state index is -1.91. The van der Waals surface area contributed by atoms with E-state index < -0.39 is 86.9 Å². The van der Waals surface area contributed by atoms with Crippen LogP contribution in [0.4, 0.5) is 0 Å². The molecule has 75 heavy (non-hydrogen) atoms. The van der Waals surface area contributed by atoms with Gasteiger partial charge in [0.1, 0.15) is 22.2 Å². The smallest absolute Gasteiger partial charge is 0.460 e. The van der Waals surface area contributed by atoms with Crippen LogP contribution in [0, 0.1) is 0 Å². The molecule has 0 aromatic heterocycles. The van der Waals surface area contributed by atoms with Crippen molar-refractivity contribution in [1.29, 1.82) is 0 Å². The van der Waals surface area contributed by atoms with E-state index >= 15 is 0 Å². The molecule has 3 fully saturated rings. The van der Waals surface area contributed by atoms with Gasteiger partial charge in [0.15, 0.2) is 16.6 Å². The quantitative estimate of drug-likeness (QED) is 0.0732. The number of carbonyl (C=O) groups excluding carboxylic acids is 2. The van der Waals surface area contributed by atoms with Crippen molar-refractivity contribution in [3.63, 3.8) is 0 Å². The van der Waals surface area contributed by atoms with Crippen LogP contribution in [-0.2, 0) is 77.8 Å². The summed E-state index contributed by atoms with van der Waals surface area (Å²) in [6, 6.07) is 0. The van der Waals surface area contributed by atoms with Gasteiger partial charge in [-0.25, -0.2) is 13.1 Å². The van der Waals surface area contributed by atoms with Crippen molar-refractivity contribution in [2.24, 2.45) is 4.40 Å². The minimum absolute atomic E-state index is 0.181. The van der Waals surface area contributed by atoms with E-state index in [1.54, 1.807) is 6.21 Å². The van der Waals surface area contributed by atoms with Gasteiger partial charge in [-0.2, -0.15) is 4.40 Å². The second-order valence-corrected chi connectivity index (χ2v) is 41.9. The van der Waals surface area contributed by atoms with Crippen LogP contribution >= 0.6 is 0 Å². The van der Waals surface area contributed by atoms with Gasteiger partial charge >= 0.3 is 33.1 Å². The highest BCUT2D eigenvalue weighted by molar-refractivity contribution is 7.85. The molecule has 0 aliphatic carbocycles. The molecular weight excluding hydrogens is 1030 g/mol. The van der Waals surface area contributed by atoms with Gasteiger partial charge in [-0.3, -0.25) is 9.59 Å². The second-order valence-electron chi connectivity index (χ2n) is 29.1. The highest BCUT2D eigenvalue weighted by Crippen LogP contribution is 2.43. The van der Waals surface area contributed by atoms with Gasteiger partial charge in [0.25, 0.3) is 0 Å². The Bertz CT molecular complexity index is 1850. The summed E-state index contributed by atoms with van der Waals surface area (Å²) in [6.07, 6.45) is 4.06. The average Bonchev–Trinajstić information content (AvgIpc) is 3.60. The number of carbonyl (C=O) groups is 2. The molecule has 3 aliphatic heterocycles. The van der Waals surface area contributed by atoms with Crippen LogP contribution in [0.2, 0.25) is 39.3 Å². The molecule has 5 atom stereocenters. The average molecular weight is 1140 g/mol. The number of nitrogens with zero attached hydrogens (tertiary/aromatic N) is 1. The lowest BCUT2D eigenvalue weighted by Gasteiger charge is -2.32. The number of hydrogen-bond donors (Lipinski definition) is 1. The van der Waals surface area contributed by atoms with Gasteiger partial charge in [-0.15, -0.1) is 0 Å². The van der Waals surface area contributed by atoms with Crippen molar-refractivity contribution >= 4 is 77.9 Å². The predicted molar refractivity (Wildman–Crippen MR) is 315 cm³/mol. The molecule has 3 saturated heterocycles. The first-order valence-electron chi connectivity index (χ1n) is 27.0. The molecule has 16 nitrogen and oxygen atoms in total. The number of ether oxygens (including phenoxy) is 2. The van der Waals surface area contributed by atoms with Crippen molar-refractivity contribution in [1.82, 2.24) is 4.72 Å². The summed E-state index contributed by atoms with van der Waals surface area (Å²) in [4.78, 5) is 24.6. The molecule has 3 heterocycles. The Balaban J connectivity index is 0.000000589. The molecule has 0 bridgehead atoms. The van der Waals surface area contributed by atoms with E-state index in [2.05, 4.69) is 48.4 Å². The van der Waals surface area contributed by atoms with E-state index in [1.807, 2.05) is 166 Å². The van der Waals surface area contributed by atoms with Crippen molar-refractivity contribution in [3.05, 3.63) is 0 Å². The Hall–Kier alpha value is -0.821. The zero-order valence-corrected chi connectivity index (χ0v) is 56.4. The van der Waals surface area contributed by atoms with Crippen LogP contribution in [-0.4, -0.2) is 137 Å². The maximum absolute atomic E-state index is 13.0. The predicted octanol–water partition coefficient (Wildman–Crippen LogP) is 11.3. The minimum Gasteiger partial charge on any atom is -0.460 e. The molecule has 3 rings (SSSR count). The van der Waals surface area contributed by atoms with Crippen LogP contribution in [0.15, 0.2) is 4.40 Å². The van der Waals surface area contributed by atoms with E-state index in [4.69, 9.17) is 46.3 Å². The van der Waals surface area contributed by atoms with Crippen molar-refractivity contribution in [2.75, 3.05) is 0 Å². The lowest BCUT2D eigenvalue weighted by molar-refractivity contribution is -0.158. The van der Waals surface area contributed by atoms with Gasteiger partial charge in [-0.05, 0) is 231 Å². The van der Waals surface area contributed by atoms with Gasteiger partial charge < -0.3 is 46.3 Å². The number of esters is 2. The number of nitrogens with one attached hydrogen (secondary N) is 1. The normalized spacial score (nSPS) is 22.3. The Morgan fingerprint density at radius 1 is 0.533 bits per heavy atom. The third-order valence-corrected chi connectivity index (χ3v) is 18.1. The fourth-order valence-electron chi connectivity index (χ4n) is 7.07. The van der Waals surface area contributed by atoms with Gasteiger partial charge in [-0.1, -0.05) is 0 Å². The Labute approximate surface area is 465 Å². The summed E-state index contributed by atoms with van der Waals surface area (Å²) < 4.78 is 91.1. The summed E-state index contributed by atoms with van der Waals surface area (Å²) in [5.41, 5.74) is -3.47. The molecule has 1 N–H and O–H groups in total. The molecule has 0 aromatic rings. The van der Waals surface area contributed by atoms with Crippen LogP contribution < -0.4 is 4.72 Å². The molecule has 0 spiro atoms. The number of rotatable bonds is 19. The van der Waals surface area contributed by atoms with Gasteiger partial charge in [0, 0.05) is 6.21 Å².